The summed E-state index contributed by atoms with van der Waals surface area (Å²) in [6, 6.07) is 0. The fourth-order valence-corrected chi connectivity index (χ4v) is 0.553. The van der Waals surface area contributed by atoms with Gasteiger partial charge in [-0.3, -0.25) is 5.10 Å². The average molecular weight is 149 g/mol. The number of alkyl halides is 3. The monoisotopic (exact) mass is 149 g/mol. The number of hydrogen-bond donors (Lipinski definition) is 1. The van der Waals surface area contributed by atoms with Crippen LogP contribution in [0.5, 0.6) is 0 Å². The summed E-state index contributed by atoms with van der Waals surface area (Å²) in [4.78, 5) is 0. The predicted octanol–water partition coefficient (Wildman–Crippen LogP) is 1.31. The lowest BCUT2D eigenvalue weighted by molar-refractivity contribution is -0.127. The van der Waals surface area contributed by atoms with Gasteiger partial charge in [-0.2, -0.15) is 18.3 Å². The van der Waals surface area contributed by atoms with E-state index in [0.717, 1.165) is 0 Å². The lowest BCUT2D eigenvalue weighted by atomic mass is 10.2. The first-order chi connectivity index (χ1) is 4.58. The van der Waals surface area contributed by atoms with Gasteiger partial charge >= 0.3 is 6.18 Å². The maximum atomic E-state index is 11.6. The molecule has 1 aromatic heterocycles. The van der Waals surface area contributed by atoms with E-state index in [1.54, 1.807) is 0 Å². The first-order valence-corrected chi connectivity index (χ1v) is 2.55. The first kappa shape index (κ1) is 7.11. The van der Waals surface area contributed by atoms with Gasteiger partial charge in [0.1, 0.15) is 6.20 Å². The number of halogens is 3. The lowest BCUT2D eigenvalue weighted by Crippen LogP contribution is -2.10. The molecule has 1 N–H and O–H groups in total. The van der Waals surface area contributed by atoms with Crippen LogP contribution in [0.1, 0.15) is 5.56 Å². The fraction of sp³-hybridized carbons (Fsp3) is 0.400. The van der Waals surface area contributed by atoms with E-state index in [1.807, 2.05) is 0 Å². The molecule has 5 heteroatoms. The quantitative estimate of drug-likeness (QED) is 0.640. The Morgan fingerprint density at radius 2 is 2.30 bits per heavy atom. The molecule has 0 saturated heterocycles. The van der Waals surface area contributed by atoms with Gasteiger partial charge in [-0.05, 0) is 0 Å². The van der Waals surface area contributed by atoms with Gasteiger partial charge < -0.3 is 0 Å². The standard InChI is InChI=1S/C5H4F3N2/c6-5(7,8)1-4-2-9-10-3-4/h2H,1H2,(H,9,10). The van der Waals surface area contributed by atoms with Gasteiger partial charge in [0, 0.05) is 11.8 Å². The molecule has 1 aromatic rings. The van der Waals surface area contributed by atoms with Crippen LogP contribution in [0.2, 0.25) is 0 Å². The van der Waals surface area contributed by atoms with Crippen molar-refractivity contribution in [1.29, 1.82) is 0 Å². The van der Waals surface area contributed by atoms with Crippen molar-refractivity contribution in [3.05, 3.63) is 18.0 Å². The number of aromatic nitrogens is 2. The minimum Gasteiger partial charge on any atom is -0.285 e. The molecule has 0 aliphatic heterocycles. The molecule has 0 aromatic carbocycles. The Morgan fingerprint density at radius 3 is 2.70 bits per heavy atom. The highest BCUT2D eigenvalue weighted by molar-refractivity contribution is 5.02. The van der Waals surface area contributed by atoms with Crippen molar-refractivity contribution in [2.24, 2.45) is 0 Å². The van der Waals surface area contributed by atoms with Crippen LogP contribution in [-0.4, -0.2) is 16.4 Å². The van der Waals surface area contributed by atoms with Crippen LogP contribution in [0.3, 0.4) is 0 Å². The summed E-state index contributed by atoms with van der Waals surface area (Å²) < 4.78 is 34.7. The molecule has 0 bridgehead atoms. The zero-order valence-corrected chi connectivity index (χ0v) is 4.87. The van der Waals surface area contributed by atoms with Gasteiger partial charge in [-0.25, -0.2) is 0 Å². The average Bonchev–Trinajstić information content (AvgIpc) is 2.12. The zero-order valence-electron chi connectivity index (χ0n) is 4.87. The summed E-state index contributed by atoms with van der Waals surface area (Å²) in [6.45, 7) is 0. The predicted molar refractivity (Wildman–Crippen MR) is 27.2 cm³/mol. The SMILES string of the molecule is FC(F)(F)Cc1[c]n[nH]c1. The number of aromatic amines is 1. The van der Waals surface area contributed by atoms with Crippen molar-refractivity contribution in [2.75, 3.05) is 0 Å². The molecule has 1 rings (SSSR count). The Kier molecular flexibility index (Phi) is 1.65. The molecule has 0 aliphatic carbocycles. The molecule has 0 aliphatic rings. The number of rotatable bonds is 1. The summed E-state index contributed by atoms with van der Waals surface area (Å²) >= 11 is 0. The van der Waals surface area contributed by atoms with E-state index < -0.39 is 12.6 Å². The summed E-state index contributed by atoms with van der Waals surface area (Å²) in [5, 5.41) is 5.50. The number of hydrogen-bond acceptors (Lipinski definition) is 1. The molecule has 2 nitrogen and oxygen atoms in total. The third kappa shape index (κ3) is 2.08. The van der Waals surface area contributed by atoms with E-state index >= 15 is 0 Å². The minimum absolute atomic E-state index is 0.0347. The normalized spacial score (nSPS) is 11.9. The largest absolute Gasteiger partial charge is 0.393 e. The van der Waals surface area contributed by atoms with Crippen LogP contribution in [0.4, 0.5) is 13.2 Å². The van der Waals surface area contributed by atoms with Crippen LogP contribution < -0.4 is 0 Å². The topological polar surface area (TPSA) is 28.7 Å². The third-order valence-electron chi connectivity index (χ3n) is 0.894. The Balaban J connectivity index is 2.57. The lowest BCUT2D eigenvalue weighted by Gasteiger charge is -2.01. The molecule has 0 atom stereocenters. The first-order valence-electron chi connectivity index (χ1n) is 2.55. The van der Waals surface area contributed by atoms with Crippen molar-refractivity contribution in [3.63, 3.8) is 0 Å². The number of nitrogens with zero attached hydrogens (tertiary/aromatic N) is 1. The molecule has 0 spiro atoms. The van der Waals surface area contributed by atoms with Crippen molar-refractivity contribution >= 4 is 0 Å². The van der Waals surface area contributed by atoms with Gasteiger partial charge in [0.2, 0.25) is 0 Å². The second-order valence-corrected chi connectivity index (χ2v) is 1.81. The van der Waals surface area contributed by atoms with Crippen LogP contribution in [0.25, 0.3) is 0 Å². The maximum absolute atomic E-state index is 11.6. The molecule has 0 fully saturated rings. The molecule has 1 radical (unpaired) electrons. The highest BCUT2D eigenvalue weighted by Gasteiger charge is 2.27. The Bertz CT molecular complexity index is 189. The summed E-state index contributed by atoms with van der Waals surface area (Å²) in [6.07, 6.45) is -1.79. The Labute approximate surface area is 55.1 Å². The van der Waals surface area contributed by atoms with E-state index in [1.165, 1.54) is 6.20 Å². The van der Waals surface area contributed by atoms with Gasteiger partial charge in [0.15, 0.2) is 0 Å². The van der Waals surface area contributed by atoms with E-state index in [2.05, 4.69) is 16.4 Å². The van der Waals surface area contributed by atoms with E-state index in [0.29, 0.717) is 0 Å². The van der Waals surface area contributed by atoms with Crippen molar-refractivity contribution in [1.82, 2.24) is 10.2 Å². The van der Waals surface area contributed by atoms with Crippen molar-refractivity contribution in [2.45, 2.75) is 12.6 Å². The summed E-state index contributed by atoms with van der Waals surface area (Å²) in [5.41, 5.74) is 0.0347. The van der Waals surface area contributed by atoms with Crippen LogP contribution >= 0.6 is 0 Å². The van der Waals surface area contributed by atoms with Crippen LogP contribution in [0, 0.1) is 6.20 Å². The molecule has 10 heavy (non-hydrogen) atoms. The maximum Gasteiger partial charge on any atom is 0.393 e. The highest BCUT2D eigenvalue weighted by Crippen LogP contribution is 2.19. The third-order valence-corrected chi connectivity index (χ3v) is 0.894. The Hall–Kier alpha value is -1.00. The molecule has 0 saturated carbocycles. The molecular weight excluding hydrogens is 145 g/mol. The number of H-pyrrole nitrogens is 1. The van der Waals surface area contributed by atoms with Gasteiger partial charge in [0.05, 0.1) is 6.42 Å². The van der Waals surface area contributed by atoms with Gasteiger partial charge in [-0.15, -0.1) is 0 Å². The van der Waals surface area contributed by atoms with Gasteiger partial charge in [0.25, 0.3) is 0 Å². The highest BCUT2D eigenvalue weighted by atomic mass is 19.4. The molecule has 0 amide bonds. The van der Waals surface area contributed by atoms with Crippen LogP contribution in [0.15, 0.2) is 6.20 Å². The molecule has 0 unspecified atom stereocenters. The van der Waals surface area contributed by atoms with E-state index in [-0.39, 0.29) is 5.56 Å². The summed E-state index contributed by atoms with van der Waals surface area (Å²) in [7, 11) is 0. The molecule has 1 heterocycles. The minimum atomic E-state index is -4.17. The van der Waals surface area contributed by atoms with Crippen molar-refractivity contribution < 1.29 is 13.2 Å². The summed E-state index contributed by atoms with van der Waals surface area (Å²) in [5.74, 6) is 0. The molecular formula is C5H4F3N2. The second-order valence-electron chi connectivity index (χ2n) is 1.81. The fourth-order valence-electron chi connectivity index (χ4n) is 0.553. The van der Waals surface area contributed by atoms with Gasteiger partial charge in [-0.1, -0.05) is 0 Å². The van der Waals surface area contributed by atoms with Crippen molar-refractivity contribution in [3.8, 4) is 0 Å². The second kappa shape index (κ2) is 2.32. The van der Waals surface area contributed by atoms with Crippen LogP contribution in [-0.2, 0) is 6.42 Å². The van der Waals surface area contributed by atoms with E-state index in [4.69, 9.17) is 0 Å². The zero-order chi connectivity index (χ0) is 7.61. The smallest absolute Gasteiger partial charge is 0.285 e. The number of nitrogens with one attached hydrogen (secondary N) is 1. The molecule has 55 valence electrons. The van der Waals surface area contributed by atoms with E-state index in [9.17, 15) is 13.2 Å². The Morgan fingerprint density at radius 1 is 1.60 bits per heavy atom.